The van der Waals surface area contributed by atoms with E-state index in [1.165, 1.54) is 24.0 Å². The van der Waals surface area contributed by atoms with Crippen molar-refractivity contribution >= 4 is 0 Å². The SMILES string of the molecule is CC1(C)OCC(c2ccc(C3(N)CCCC3)cc2)O1. The Kier molecular flexibility index (Phi) is 3.16. The van der Waals surface area contributed by atoms with Gasteiger partial charge in [-0.3, -0.25) is 0 Å². The monoisotopic (exact) mass is 261 g/mol. The molecule has 0 amide bonds. The van der Waals surface area contributed by atoms with Crippen LogP contribution in [0.3, 0.4) is 0 Å². The van der Waals surface area contributed by atoms with E-state index in [1.807, 2.05) is 13.8 Å². The summed E-state index contributed by atoms with van der Waals surface area (Å²) in [7, 11) is 0. The summed E-state index contributed by atoms with van der Waals surface area (Å²) >= 11 is 0. The first-order valence-corrected chi connectivity index (χ1v) is 7.20. The van der Waals surface area contributed by atoms with Crippen LogP contribution in [0.25, 0.3) is 0 Å². The zero-order chi connectivity index (χ0) is 13.5. The van der Waals surface area contributed by atoms with Gasteiger partial charge in [0.05, 0.1) is 6.61 Å². The van der Waals surface area contributed by atoms with Crippen molar-refractivity contribution in [1.82, 2.24) is 0 Å². The number of ether oxygens (including phenoxy) is 2. The Balaban J connectivity index is 1.76. The molecule has 1 aliphatic heterocycles. The predicted octanol–water partition coefficient (Wildman–Crippen LogP) is 3.24. The van der Waals surface area contributed by atoms with Crippen molar-refractivity contribution < 1.29 is 9.47 Å². The molecule has 2 fully saturated rings. The second-order valence-electron chi connectivity index (χ2n) is 6.30. The molecule has 3 rings (SSSR count). The van der Waals surface area contributed by atoms with Crippen LogP contribution in [0.1, 0.15) is 56.8 Å². The van der Waals surface area contributed by atoms with Crippen LogP contribution in [0.2, 0.25) is 0 Å². The minimum Gasteiger partial charge on any atom is -0.347 e. The van der Waals surface area contributed by atoms with Gasteiger partial charge in [0, 0.05) is 5.54 Å². The lowest BCUT2D eigenvalue weighted by Gasteiger charge is -2.24. The second kappa shape index (κ2) is 4.58. The molecule has 1 aromatic rings. The molecule has 2 aliphatic rings. The first-order valence-electron chi connectivity index (χ1n) is 7.20. The normalized spacial score (nSPS) is 28.7. The lowest BCUT2D eigenvalue weighted by molar-refractivity contribution is -0.139. The summed E-state index contributed by atoms with van der Waals surface area (Å²) in [5, 5.41) is 0. The van der Waals surface area contributed by atoms with Crippen LogP contribution in [-0.2, 0) is 15.0 Å². The molecule has 2 N–H and O–H groups in total. The number of hydrogen-bond donors (Lipinski definition) is 1. The highest BCUT2D eigenvalue weighted by molar-refractivity contribution is 5.30. The van der Waals surface area contributed by atoms with Gasteiger partial charge in [0.15, 0.2) is 5.79 Å². The van der Waals surface area contributed by atoms with E-state index in [4.69, 9.17) is 15.2 Å². The van der Waals surface area contributed by atoms with Crippen molar-refractivity contribution in [3.63, 3.8) is 0 Å². The lowest BCUT2D eigenvalue weighted by atomic mass is 9.88. The molecule has 1 aromatic carbocycles. The predicted molar refractivity (Wildman–Crippen MR) is 74.6 cm³/mol. The summed E-state index contributed by atoms with van der Waals surface area (Å²) in [6, 6.07) is 8.60. The van der Waals surface area contributed by atoms with Crippen LogP contribution in [0, 0.1) is 0 Å². The van der Waals surface area contributed by atoms with Crippen molar-refractivity contribution in [3.8, 4) is 0 Å². The Morgan fingerprint density at radius 3 is 2.26 bits per heavy atom. The third-order valence-electron chi connectivity index (χ3n) is 4.36. The van der Waals surface area contributed by atoms with E-state index >= 15 is 0 Å². The Bertz CT molecular complexity index is 446. The van der Waals surface area contributed by atoms with Gasteiger partial charge in [0.25, 0.3) is 0 Å². The minimum absolute atomic E-state index is 0.0429. The summed E-state index contributed by atoms with van der Waals surface area (Å²) in [6.45, 7) is 4.53. The third kappa shape index (κ3) is 2.55. The topological polar surface area (TPSA) is 44.5 Å². The molecule has 104 valence electrons. The molecule has 1 heterocycles. The first kappa shape index (κ1) is 13.1. The number of rotatable bonds is 2. The zero-order valence-corrected chi connectivity index (χ0v) is 11.8. The number of benzene rings is 1. The average molecular weight is 261 g/mol. The third-order valence-corrected chi connectivity index (χ3v) is 4.36. The molecule has 19 heavy (non-hydrogen) atoms. The lowest BCUT2D eigenvalue weighted by Crippen LogP contribution is -2.32. The van der Waals surface area contributed by atoms with E-state index in [9.17, 15) is 0 Å². The summed E-state index contributed by atoms with van der Waals surface area (Å²) in [5.74, 6) is -0.468. The van der Waals surface area contributed by atoms with Gasteiger partial charge in [-0.1, -0.05) is 37.1 Å². The summed E-state index contributed by atoms with van der Waals surface area (Å²) in [4.78, 5) is 0. The van der Waals surface area contributed by atoms with Gasteiger partial charge in [0.2, 0.25) is 0 Å². The molecule has 3 heteroatoms. The van der Waals surface area contributed by atoms with Crippen molar-refractivity contribution in [2.24, 2.45) is 5.73 Å². The summed E-state index contributed by atoms with van der Waals surface area (Å²) in [6.07, 6.45) is 4.73. The molecule has 1 saturated carbocycles. The Hall–Kier alpha value is -0.900. The standard InChI is InChI=1S/C16H23NO2/c1-15(2)18-11-14(19-15)12-5-7-13(8-6-12)16(17)9-3-4-10-16/h5-8,14H,3-4,9-11,17H2,1-2H3. The molecule has 1 unspecified atom stereocenters. The molecular weight excluding hydrogens is 238 g/mol. The Morgan fingerprint density at radius 2 is 1.74 bits per heavy atom. The van der Waals surface area contributed by atoms with Crippen molar-refractivity contribution in [2.45, 2.75) is 57.0 Å². The fraction of sp³-hybridized carbons (Fsp3) is 0.625. The van der Waals surface area contributed by atoms with Crippen LogP contribution in [0.15, 0.2) is 24.3 Å². The van der Waals surface area contributed by atoms with Crippen molar-refractivity contribution in [2.75, 3.05) is 6.61 Å². The Labute approximate surface area is 115 Å². The van der Waals surface area contributed by atoms with Gasteiger partial charge in [-0.25, -0.2) is 0 Å². The van der Waals surface area contributed by atoms with Gasteiger partial charge in [0.1, 0.15) is 6.10 Å². The average Bonchev–Trinajstić information content (AvgIpc) is 2.97. The molecule has 0 bridgehead atoms. The number of nitrogens with two attached hydrogens (primary N) is 1. The highest BCUT2D eigenvalue weighted by Crippen LogP contribution is 2.38. The van der Waals surface area contributed by atoms with Crippen LogP contribution >= 0.6 is 0 Å². The van der Waals surface area contributed by atoms with E-state index in [0.717, 1.165) is 12.8 Å². The van der Waals surface area contributed by atoms with E-state index in [1.54, 1.807) is 0 Å². The molecule has 0 aromatic heterocycles. The first-order chi connectivity index (χ1) is 8.99. The summed E-state index contributed by atoms with van der Waals surface area (Å²) < 4.78 is 11.5. The van der Waals surface area contributed by atoms with Crippen LogP contribution in [-0.4, -0.2) is 12.4 Å². The van der Waals surface area contributed by atoms with E-state index in [2.05, 4.69) is 24.3 Å². The fourth-order valence-electron chi connectivity index (χ4n) is 3.18. The smallest absolute Gasteiger partial charge is 0.163 e. The summed E-state index contributed by atoms with van der Waals surface area (Å²) in [5.41, 5.74) is 8.80. The molecule has 1 aliphatic carbocycles. The van der Waals surface area contributed by atoms with Gasteiger partial charge < -0.3 is 15.2 Å². The van der Waals surface area contributed by atoms with Gasteiger partial charge in [-0.15, -0.1) is 0 Å². The van der Waals surface area contributed by atoms with Crippen LogP contribution in [0.5, 0.6) is 0 Å². The quantitative estimate of drug-likeness (QED) is 0.889. The maximum Gasteiger partial charge on any atom is 0.163 e. The molecular formula is C16H23NO2. The maximum absolute atomic E-state index is 6.47. The van der Waals surface area contributed by atoms with Gasteiger partial charge >= 0.3 is 0 Å². The highest BCUT2D eigenvalue weighted by Gasteiger charge is 2.34. The molecule has 3 nitrogen and oxygen atoms in total. The van der Waals surface area contributed by atoms with Crippen molar-refractivity contribution in [1.29, 1.82) is 0 Å². The van der Waals surface area contributed by atoms with Crippen LogP contribution < -0.4 is 5.73 Å². The zero-order valence-electron chi connectivity index (χ0n) is 11.8. The van der Waals surface area contributed by atoms with Gasteiger partial charge in [-0.05, 0) is 37.8 Å². The molecule has 1 atom stereocenters. The van der Waals surface area contributed by atoms with Crippen LogP contribution in [0.4, 0.5) is 0 Å². The minimum atomic E-state index is -0.468. The second-order valence-corrected chi connectivity index (χ2v) is 6.30. The number of hydrogen-bond acceptors (Lipinski definition) is 3. The highest BCUT2D eigenvalue weighted by atomic mass is 16.7. The van der Waals surface area contributed by atoms with Crippen molar-refractivity contribution in [3.05, 3.63) is 35.4 Å². The van der Waals surface area contributed by atoms with Gasteiger partial charge in [-0.2, -0.15) is 0 Å². The molecule has 0 spiro atoms. The molecule has 1 saturated heterocycles. The van der Waals surface area contributed by atoms with E-state index in [-0.39, 0.29) is 11.6 Å². The van der Waals surface area contributed by atoms with E-state index in [0.29, 0.717) is 6.61 Å². The largest absolute Gasteiger partial charge is 0.347 e. The fourth-order valence-corrected chi connectivity index (χ4v) is 3.18. The van der Waals surface area contributed by atoms with E-state index < -0.39 is 5.79 Å². The maximum atomic E-state index is 6.47. The molecule has 0 radical (unpaired) electrons. The Morgan fingerprint density at radius 1 is 1.11 bits per heavy atom.